The van der Waals surface area contributed by atoms with Gasteiger partial charge in [0.25, 0.3) is 10.0 Å². The summed E-state index contributed by atoms with van der Waals surface area (Å²) in [6.07, 6.45) is 1.34. The maximum absolute atomic E-state index is 12.4. The number of anilines is 1. The van der Waals surface area contributed by atoms with Gasteiger partial charge in [0.15, 0.2) is 0 Å². The van der Waals surface area contributed by atoms with Crippen LogP contribution in [-0.4, -0.2) is 19.3 Å². The van der Waals surface area contributed by atoms with Crippen LogP contribution in [-0.2, 0) is 10.0 Å². The Hall–Kier alpha value is -2.34. The molecule has 2 aromatic rings. The van der Waals surface area contributed by atoms with E-state index in [0.717, 1.165) is 6.42 Å². The second-order valence-electron chi connectivity index (χ2n) is 4.68. The van der Waals surface area contributed by atoms with Crippen molar-refractivity contribution in [2.24, 2.45) is 5.16 Å². The first-order valence-corrected chi connectivity index (χ1v) is 8.36. The molecule has 2 N–H and O–H groups in total. The van der Waals surface area contributed by atoms with E-state index in [-0.39, 0.29) is 4.90 Å². The molecule has 115 valence electrons. The Morgan fingerprint density at radius 1 is 1.23 bits per heavy atom. The van der Waals surface area contributed by atoms with E-state index in [0.29, 0.717) is 23.4 Å². The number of nitrogens with one attached hydrogen (secondary N) is 1. The largest absolute Gasteiger partial charge is 0.411 e. The Morgan fingerprint density at radius 2 is 1.91 bits per heavy atom. The first-order valence-electron chi connectivity index (χ1n) is 6.87. The molecule has 0 heterocycles. The molecule has 0 saturated carbocycles. The van der Waals surface area contributed by atoms with Gasteiger partial charge >= 0.3 is 0 Å². The summed E-state index contributed by atoms with van der Waals surface area (Å²) in [5, 5.41) is 12.4. The van der Waals surface area contributed by atoms with E-state index in [9.17, 15) is 8.42 Å². The van der Waals surface area contributed by atoms with E-state index < -0.39 is 10.0 Å². The summed E-state index contributed by atoms with van der Waals surface area (Å²) in [5.74, 6) is 0. The fraction of sp³-hybridized carbons (Fsp3) is 0.188. The monoisotopic (exact) mass is 317 g/mol. The molecule has 0 fully saturated rings. The Bertz CT molecular complexity index is 756. The molecule has 5 nitrogen and oxygen atoms in total. The molecule has 6 heteroatoms. The number of hydrogen-bond donors (Lipinski definition) is 2. The molecule has 0 aliphatic heterocycles. The fourth-order valence-corrected chi connectivity index (χ4v) is 3.13. The lowest BCUT2D eigenvalue weighted by Gasteiger charge is -2.13. The van der Waals surface area contributed by atoms with Gasteiger partial charge in [-0.2, -0.15) is 0 Å². The van der Waals surface area contributed by atoms with Crippen molar-refractivity contribution in [1.82, 2.24) is 0 Å². The van der Waals surface area contributed by atoms with Crippen LogP contribution < -0.4 is 4.72 Å². The van der Waals surface area contributed by atoms with Crippen molar-refractivity contribution in [2.75, 3.05) is 4.72 Å². The Labute approximate surface area is 130 Å². The SMILES string of the molecule is CCC/C(=N\O)c1ccccc1NS(=O)(=O)c1cc[c]cc1. The van der Waals surface area contributed by atoms with Crippen LogP contribution in [0.4, 0.5) is 5.69 Å². The first kappa shape index (κ1) is 16.0. The summed E-state index contributed by atoms with van der Waals surface area (Å²) in [7, 11) is -3.70. The van der Waals surface area contributed by atoms with Crippen LogP contribution in [0.25, 0.3) is 0 Å². The molecule has 0 aliphatic carbocycles. The summed E-state index contributed by atoms with van der Waals surface area (Å²) < 4.78 is 27.3. The number of oxime groups is 1. The van der Waals surface area contributed by atoms with Gasteiger partial charge in [-0.05, 0) is 30.7 Å². The first-order chi connectivity index (χ1) is 10.6. The predicted molar refractivity (Wildman–Crippen MR) is 85.8 cm³/mol. The molecule has 0 amide bonds. The molecule has 0 aromatic heterocycles. The summed E-state index contributed by atoms with van der Waals surface area (Å²) in [6.45, 7) is 1.96. The van der Waals surface area contributed by atoms with Crippen molar-refractivity contribution in [1.29, 1.82) is 0 Å². The van der Waals surface area contributed by atoms with Gasteiger partial charge in [-0.1, -0.05) is 48.8 Å². The van der Waals surface area contributed by atoms with E-state index in [1.807, 2.05) is 6.92 Å². The van der Waals surface area contributed by atoms with Crippen molar-refractivity contribution in [2.45, 2.75) is 24.7 Å². The molecule has 2 rings (SSSR count). The number of hydrogen-bond acceptors (Lipinski definition) is 4. The number of rotatable bonds is 6. The van der Waals surface area contributed by atoms with Crippen LogP contribution >= 0.6 is 0 Å². The van der Waals surface area contributed by atoms with E-state index in [2.05, 4.69) is 15.9 Å². The second kappa shape index (κ2) is 7.09. The van der Waals surface area contributed by atoms with Gasteiger partial charge < -0.3 is 5.21 Å². The summed E-state index contributed by atoms with van der Waals surface area (Å²) >= 11 is 0. The highest BCUT2D eigenvalue weighted by Gasteiger charge is 2.17. The lowest BCUT2D eigenvalue weighted by molar-refractivity contribution is 0.318. The Morgan fingerprint density at radius 3 is 2.55 bits per heavy atom. The van der Waals surface area contributed by atoms with E-state index in [1.54, 1.807) is 24.3 Å². The van der Waals surface area contributed by atoms with Crippen LogP contribution in [0.15, 0.2) is 58.6 Å². The standard InChI is InChI=1S/C16H17N2O3S/c1-2-8-15(17-19)14-11-6-7-12-16(14)18-22(20,21)13-9-4-3-5-10-13/h4-7,9-12,18-19H,2,8H2,1H3/b17-15+. The van der Waals surface area contributed by atoms with E-state index >= 15 is 0 Å². The molecule has 0 spiro atoms. The highest BCUT2D eigenvalue weighted by Crippen LogP contribution is 2.22. The highest BCUT2D eigenvalue weighted by atomic mass is 32.2. The Kier molecular flexibility index (Phi) is 5.16. The van der Waals surface area contributed by atoms with Gasteiger partial charge in [0.1, 0.15) is 0 Å². The quantitative estimate of drug-likeness (QED) is 0.487. The smallest absolute Gasteiger partial charge is 0.261 e. The topological polar surface area (TPSA) is 78.8 Å². The van der Waals surface area contributed by atoms with Crippen molar-refractivity contribution in [3.63, 3.8) is 0 Å². The molecule has 1 radical (unpaired) electrons. The molecular formula is C16H17N2O3S. The average Bonchev–Trinajstić information content (AvgIpc) is 2.54. The zero-order chi connectivity index (χ0) is 16.0. The molecular weight excluding hydrogens is 300 g/mol. The van der Waals surface area contributed by atoms with Crippen LogP contribution in [0.1, 0.15) is 25.3 Å². The van der Waals surface area contributed by atoms with Gasteiger partial charge in [0.2, 0.25) is 0 Å². The third-order valence-corrected chi connectivity index (χ3v) is 4.47. The van der Waals surface area contributed by atoms with Crippen LogP contribution in [0.3, 0.4) is 0 Å². The zero-order valence-corrected chi connectivity index (χ0v) is 13.0. The van der Waals surface area contributed by atoms with E-state index in [1.165, 1.54) is 24.3 Å². The van der Waals surface area contributed by atoms with Gasteiger partial charge in [-0.15, -0.1) is 0 Å². The van der Waals surface area contributed by atoms with Crippen molar-refractivity contribution in [3.8, 4) is 0 Å². The highest BCUT2D eigenvalue weighted by molar-refractivity contribution is 7.92. The van der Waals surface area contributed by atoms with Gasteiger partial charge in [0.05, 0.1) is 16.3 Å². The number of para-hydroxylation sites is 1. The molecule has 0 bridgehead atoms. The van der Waals surface area contributed by atoms with Crippen LogP contribution in [0.5, 0.6) is 0 Å². The maximum atomic E-state index is 12.4. The minimum Gasteiger partial charge on any atom is -0.411 e. The van der Waals surface area contributed by atoms with Gasteiger partial charge in [-0.25, -0.2) is 8.42 Å². The normalized spacial score (nSPS) is 12.1. The molecule has 0 atom stereocenters. The van der Waals surface area contributed by atoms with Crippen LogP contribution in [0, 0.1) is 6.07 Å². The molecule has 0 aliphatic rings. The number of sulfonamides is 1. The molecule has 0 saturated heterocycles. The lowest BCUT2D eigenvalue weighted by Crippen LogP contribution is -2.15. The van der Waals surface area contributed by atoms with Crippen molar-refractivity contribution >= 4 is 21.4 Å². The second-order valence-corrected chi connectivity index (χ2v) is 6.37. The van der Waals surface area contributed by atoms with Gasteiger partial charge in [0, 0.05) is 5.56 Å². The summed E-state index contributed by atoms with van der Waals surface area (Å²) in [4.78, 5) is 0.152. The van der Waals surface area contributed by atoms with E-state index in [4.69, 9.17) is 5.21 Å². The third-order valence-electron chi connectivity index (χ3n) is 3.09. The minimum absolute atomic E-state index is 0.152. The van der Waals surface area contributed by atoms with Gasteiger partial charge in [-0.3, -0.25) is 4.72 Å². The van der Waals surface area contributed by atoms with Crippen molar-refractivity contribution in [3.05, 3.63) is 60.2 Å². The zero-order valence-electron chi connectivity index (χ0n) is 12.2. The number of nitrogens with zero attached hydrogens (tertiary/aromatic N) is 1. The molecule has 2 aromatic carbocycles. The minimum atomic E-state index is -3.70. The summed E-state index contributed by atoms with van der Waals surface area (Å²) in [6, 6.07) is 15.7. The average molecular weight is 317 g/mol. The summed E-state index contributed by atoms with van der Waals surface area (Å²) in [5.41, 5.74) is 1.40. The fourth-order valence-electron chi connectivity index (χ4n) is 2.05. The maximum Gasteiger partial charge on any atom is 0.261 e. The van der Waals surface area contributed by atoms with Crippen molar-refractivity contribution < 1.29 is 13.6 Å². The third kappa shape index (κ3) is 3.65. The number of benzene rings is 2. The van der Waals surface area contributed by atoms with Crippen LogP contribution in [0.2, 0.25) is 0 Å². The molecule has 0 unspecified atom stereocenters. The lowest BCUT2D eigenvalue weighted by atomic mass is 10.0. The predicted octanol–water partition coefficient (Wildman–Crippen LogP) is 3.27. The Balaban J connectivity index is 2.39. The molecule has 22 heavy (non-hydrogen) atoms.